The van der Waals surface area contributed by atoms with Crippen molar-refractivity contribution < 1.29 is 14.2 Å². The fraction of sp³-hybridized carbons (Fsp3) is 0.250. The highest BCUT2D eigenvalue weighted by Crippen LogP contribution is 2.31. The van der Waals surface area contributed by atoms with Gasteiger partial charge in [0.1, 0.15) is 12.4 Å². The molecule has 0 fully saturated rings. The molecule has 1 N–H and O–H groups in total. The standard InChI is InChI=1S/C24H27NO3/c1-26-22-12-6-10-19(16-22)14-15-25-17-21-11-7-13-23(27-2)24(21)28-18-20-8-4-3-5-9-20/h3-13,16,25H,14-15,17-18H2,1-2H3. The molecule has 0 heterocycles. The summed E-state index contributed by atoms with van der Waals surface area (Å²) in [5.74, 6) is 2.44. The van der Waals surface area contributed by atoms with Crippen LogP contribution in [-0.4, -0.2) is 20.8 Å². The van der Waals surface area contributed by atoms with E-state index in [1.54, 1.807) is 14.2 Å². The SMILES string of the molecule is COc1cccc(CCNCc2cccc(OC)c2OCc2ccccc2)c1. The Morgan fingerprint density at radius 1 is 0.786 bits per heavy atom. The van der Waals surface area contributed by atoms with E-state index >= 15 is 0 Å². The third-order valence-electron chi connectivity index (χ3n) is 4.55. The fourth-order valence-electron chi connectivity index (χ4n) is 3.04. The predicted octanol–water partition coefficient (Wildman–Crippen LogP) is 4.62. The van der Waals surface area contributed by atoms with Gasteiger partial charge in [0, 0.05) is 12.1 Å². The second kappa shape index (κ2) is 10.4. The molecular weight excluding hydrogens is 350 g/mol. The molecule has 0 aliphatic rings. The zero-order chi connectivity index (χ0) is 19.6. The van der Waals surface area contributed by atoms with Crippen LogP contribution in [0, 0.1) is 0 Å². The summed E-state index contributed by atoms with van der Waals surface area (Å²) in [6.45, 7) is 2.09. The minimum atomic E-state index is 0.512. The van der Waals surface area contributed by atoms with Crippen LogP contribution >= 0.6 is 0 Å². The van der Waals surface area contributed by atoms with Gasteiger partial charge in [0.05, 0.1) is 14.2 Å². The van der Waals surface area contributed by atoms with Crippen molar-refractivity contribution in [3.63, 3.8) is 0 Å². The van der Waals surface area contributed by atoms with Crippen molar-refractivity contribution >= 4 is 0 Å². The van der Waals surface area contributed by atoms with Crippen LogP contribution in [0.15, 0.2) is 72.8 Å². The number of para-hydroxylation sites is 1. The first-order chi connectivity index (χ1) is 13.8. The van der Waals surface area contributed by atoms with Gasteiger partial charge in [-0.15, -0.1) is 0 Å². The molecule has 0 aliphatic carbocycles. The van der Waals surface area contributed by atoms with E-state index in [9.17, 15) is 0 Å². The normalized spacial score (nSPS) is 10.5. The lowest BCUT2D eigenvalue weighted by Gasteiger charge is -2.16. The minimum absolute atomic E-state index is 0.512. The van der Waals surface area contributed by atoms with Crippen LogP contribution in [0.4, 0.5) is 0 Å². The van der Waals surface area contributed by atoms with E-state index in [0.717, 1.165) is 41.3 Å². The summed E-state index contributed by atoms with van der Waals surface area (Å²) in [5.41, 5.74) is 3.46. The Kier molecular flexibility index (Phi) is 7.33. The van der Waals surface area contributed by atoms with Crippen LogP contribution in [0.1, 0.15) is 16.7 Å². The van der Waals surface area contributed by atoms with Gasteiger partial charge >= 0.3 is 0 Å². The molecule has 0 radical (unpaired) electrons. The average molecular weight is 377 g/mol. The Bertz CT molecular complexity index is 865. The van der Waals surface area contributed by atoms with Crippen LogP contribution in [0.2, 0.25) is 0 Å². The van der Waals surface area contributed by atoms with E-state index < -0.39 is 0 Å². The van der Waals surface area contributed by atoms with Crippen molar-refractivity contribution in [2.75, 3.05) is 20.8 Å². The lowest BCUT2D eigenvalue weighted by Crippen LogP contribution is -2.17. The first-order valence-electron chi connectivity index (χ1n) is 9.46. The quantitative estimate of drug-likeness (QED) is 0.524. The maximum atomic E-state index is 6.11. The number of ether oxygens (including phenoxy) is 3. The number of hydrogen-bond acceptors (Lipinski definition) is 4. The first kappa shape index (κ1) is 19.8. The smallest absolute Gasteiger partial charge is 0.166 e. The summed E-state index contributed by atoms with van der Waals surface area (Å²) in [7, 11) is 3.36. The van der Waals surface area contributed by atoms with Crippen molar-refractivity contribution in [3.8, 4) is 17.2 Å². The molecule has 0 aromatic heterocycles. The molecule has 3 aromatic carbocycles. The van der Waals surface area contributed by atoms with Gasteiger partial charge in [-0.3, -0.25) is 0 Å². The van der Waals surface area contributed by atoms with E-state index in [4.69, 9.17) is 14.2 Å². The zero-order valence-corrected chi connectivity index (χ0v) is 16.5. The Labute approximate surface area is 167 Å². The Hall–Kier alpha value is -2.98. The maximum Gasteiger partial charge on any atom is 0.166 e. The fourth-order valence-corrected chi connectivity index (χ4v) is 3.04. The number of hydrogen-bond donors (Lipinski definition) is 1. The molecule has 3 aromatic rings. The number of methoxy groups -OCH3 is 2. The molecule has 0 unspecified atom stereocenters. The highest BCUT2D eigenvalue weighted by Gasteiger charge is 2.11. The largest absolute Gasteiger partial charge is 0.497 e. The molecule has 3 rings (SSSR count). The van der Waals surface area contributed by atoms with Crippen LogP contribution in [0.5, 0.6) is 17.2 Å². The van der Waals surface area contributed by atoms with Crippen molar-refractivity contribution in [1.82, 2.24) is 5.32 Å². The van der Waals surface area contributed by atoms with Gasteiger partial charge in [0.15, 0.2) is 11.5 Å². The van der Waals surface area contributed by atoms with Gasteiger partial charge in [-0.1, -0.05) is 54.6 Å². The lowest BCUT2D eigenvalue weighted by molar-refractivity contribution is 0.280. The van der Waals surface area contributed by atoms with E-state index in [0.29, 0.717) is 13.2 Å². The van der Waals surface area contributed by atoms with Crippen molar-refractivity contribution in [2.24, 2.45) is 0 Å². The molecule has 0 atom stereocenters. The van der Waals surface area contributed by atoms with Crippen molar-refractivity contribution in [2.45, 2.75) is 19.6 Å². The summed E-state index contributed by atoms with van der Waals surface area (Å²) in [6.07, 6.45) is 0.932. The molecule has 0 aliphatic heterocycles. The van der Waals surface area contributed by atoms with Gasteiger partial charge in [-0.2, -0.15) is 0 Å². The summed E-state index contributed by atoms with van der Waals surface area (Å²) >= 11 is 0. The van der Waals surface area contributed by atoms with Gasteiger partial charge in [-0.25, -0.2) is 0 Å². The zero-order valence-electron chi connectivity index (χ0n) is 16.5. The topological polar surface area (TPSA) is 39.7 Å². The third kappa shape index (κ3) is 5.51. The molecule has 0 saturated carbocycles. The first-order valence-corrected chi connectivity index (χ1v) is 9.46. The van der Waals surface area contributed by atoms with E-state index in [1.165, 1.54) is 5.56 Å². The Morgan fingerprint density at radius 3 is 2.36 bits per heavy atom. The monoisotopic (exact) mass is 377 g/mol. The molecule has 0 spiro atoms. The van der Waals surface area contributed by atoms with Gasteiger partial charge in [0.2, 0.25) is 0 Å². The highest BCUT2D eigenvalue weighted by molar-refractivity contribution is 5.46. The Balaban J connectivity index is 1.59. The summed E-state index contributed by atoms with van der Waals surface area (Å²) in [6, 6.07) is 24.3. The third-order valence-corrected chi connectivity index (χ3v) is 4.55. The van der Waals surface area contributed by atoms with Gasteiger partial charge in [0.25, 0.3) is 0 Å². The predicted molar refractivity (Wildman–Crippen MR) is 112 cm³/mol. The number of benzene rings is 3. The molecule has 0 saturated heterocycles. The van der Waals surface area contributed by atoms with Crippen molar-refractivity contribution in [3.05, 3.63) is 89.5 Å². The lowest BCUT2D eigenvalue weighted by atomic mass is 10.1. The maximum absolute atomic E-state index is 6.11. The second-order valence-corrected chi connectivity index (χ2v) is 6.50. The molecule has 28 heavy (non-hydrogen) atoms. The molecule has 4 nitrogen and oxygen atoms in total. The second-order valence-electron chi connectivity index (χ2n) is 6.50. The Morgan fingerprint density at radius 2 is 1.57 bits per heavy atom. The van der Waals surface area contributed by atoms with Gasteiger partial charge < -0.3 is 19.5 Å². The molecule has 146 valence electrons. The molecular formula is C24H27NO3. The molecule has 0 amide bonds. The number of nitrogens with one attached hydrogen (secondary N) is 1. The van der Waals surface area contributed by atoms with E-state index in [1.807, 2.05) is 42.5 Å². The van der Waals surface area contributed by atoms with Crippen molar-refractivity contribution in [1.29, 1.82) is 0 Å². The van der Waals surface area contributed by atoms with Crippen LogP contribution in [0.3, 0.4) is 0 Å². The van der Waals surface area contributed by atoms with Crippen LogP contribution < -0.4 is 19.5 Å². The summed E-state index contributed by atoms with van der Waals surface area (Å²) in [5, 5.41) is 3.50. The summed E-state index contributed by atoms with van der Waals surface area (Å²) in [4.78, 5) is 0. The van der Waals surface area contributed by atoms with E-state index in [-0.39, 0.29) is 0 Å². The summed E-state index contributed by atoms with van der Waals surface area (Å²) < 4.78 is 16.9. The number of rotatable bonds is 10. The molecule has 4 heteroatoms. The average Bonchev–Trinajstić information content (AvgIpc) is 2.76. The van der Waals surface area contributed by atoms with Gasteiger partial charge in [-0.05, 0) is 42.3 Å². The van der Waals surface area contributed by atoms with Crippen LogP contribution in [0.25, 0.3) is 0 Å². The molecule has 0 bridgehead atoms. The van der Waals surface area contributed by atoms with E-state index in [2.05, 4.69) is 35.6 Å². The highest BCUT2D eigenvalue weighted by atomic mass is 16.5. The van der Waals surface area contributed by atoms with Crippen LogP contribution in [-0.2, 0) is 19.6 Å². The minimum Gasteiger partial charge on any atom is -0.497 e.